The minimum Gasteiger partial charge on any atom is -0.462 e. The van der Waals surface area contributed by atoms with E-state index in [0.29, 0.717) is 38.5 Å². The van der Waals surface area contributed by atoms with Gasteiger partial charge in [0.15, 0.2) is 24.8 Å². The van der Waals surface area contributed by atoms with Gasteiger partial charge in [-0.25, -0.2) is 9.13 Å². The average molecular weight is 1880 g/mol. The van der Waals surface area contributed by atoms with Crippen molar-refractivity contribution >= 4 is 51.3 Å². The largest absolute Gasteiger partial charge is 0.472 e. The normalized spacial score (nSPS) is 20.0. The Hall–Kier alpha value is -3.24. The fourth-order valence-corrected chi connectivity index (χ4v) is 18.7. The van der Waals surface area contributed by atoms with Gasteiger partial charge in [-0.2, -0.15) is 0 Å². The van der Waals surface area contributed by atoms with Crippen LogP contribution in [0, 0.1) is 0 Å². The van der Waals surface area contributed by atoms with Crippen molar-refractivity contribution in [1.29, 1.82) is 0 Å². The maximum absolute atomic E-state index is 14.9. The van der Waals surface area contributed by atoms with Gasteiger partial charge in [-0.3, -0.25) is 37.8 Å². The van der Waals surface area contributed by atoms with E-state index in [1.165, 1.54) is 116 Å². The molecule has 0 radical (unpaired) electrons. The Morgan fingerprint density at radius 2 is 0.597 bits per heavy atom. The maximum Gasteiger partial charge on any atom is 0.472 e. The Labute approximate surface area is 780 Å². The highest BCUT2D eigenvalue weighted by molar-refractivity contribution is 7.46. The topological polar surface area (TPSA) is 406 Å². The molecule has 0 aromatic heterocycles. The Bertz CT molecular complexity index is 2820. The van der Waals surface area contributed by atoms with E-state index < -0.39 is 176 Å². The van der Waals surface area contributed by atoms with Crippen LogP contribution in [0.5, 0.6) is 0 Å². The number of aliphatic hydroxyl groups is 4. The summed E-state index contributed by atoms with van der Waals surface area (Å²) in [5.41, 5.74) is 0. The van der Waals surface area contributed by atoms with E-state index in [0.717, 1.165) is 244 Å². The molecule has 129 heavy (non-hydrogen) atoms. The summed E-state index contributed by atoms with van der Waals surface area (Å²) in [5, 5.41) is 52.0. The molecule has 760 valence electrons. The number of esters is 4. The number of unbranched alkanes of at least 4 members (excludes halogenated alkanes) is 56. The third-order valence-electron chi connectivity index (χ3n) is 25.4. The SMILES string of the molecule is CCCCCCCCCCCCCCCC(=O)OC(CCCCCCCCCCC)CC(=O)NC1[C@H](OP(=O)(O)O)OC(CO[C@@H]2OC(CO)[C@@H](OP(=O)(O)O)[C@H](OC(=O)CC(CCCCCCCCCCC)OC(=O)CCCCCCCCCCCCCCC)C2NC(=O)CC(O)CCCCCCCCCCC)[C@@H](O)[C@@H]1OC(=O)CC(O)CCCCCCCCCCC. The number of hydrogen-bond donors (Lipinski definition) is 10. The van der Waals surface area contributed by atoms with Gasteiger partial charge in [0, 0.05) is 12.8 Å². The first kappa shape index (κ1) is 122. The zero-order valence-electron chi connectivity index (χ0n) is 81.8. The summed E-state index contributed by atoms with van der Waals surface area (Å²) in [7, 11) is -11.4. The van der Waals surface area contributed by atoms with Crippen LogP contribution in [0.4, 0.5) is 0 Å². The Kier molecular flexibility index (Phi) is 76.3. The standard InChI is InChI=1S/C100H190N2O25P2/c1-7-13-19-25-31-37-39-41-43-49-55-61-67-73-89(108)120-83(71-65-59-53-47-35-29-23-17-11-5)77-88(107)102-93-97(124-91(110)76-82(105)70-64-58-52-46-34-28-22-16-10-4)95(112)86(123-100(93)127-129(116,117)118)80-119-99-94(101-87(106)75-81(104)69-63-57-51-45-33-27-21-15-9-3)98(96(85(79-103)122-99)126-128(113,114)115)125-92(111)78-84(72-66-60-54-48-36-30-24-18-12-6)121-90(109)74-68-62-56-50-44-42-40-38-32-26-20-14-8-2/h81-86,93-100,103-105,112H,7-80H2,1-6H3,(H,101,106)(H,102,107)(H2,113,114,115)(H2,116,117,118)/t81?,82?,83?,84?,85?,86?,93?,94?,95-,96-,97-,98-,99-,100+/m1/s1. The summed E-state index contributed by atoms with van der Waals surface area (Å²) < 4.78 is 80.2. The van der Waals surface area contributed by atoms with Crippen LogP contribution in [-0.2, 0) is 80.1 Å². The summed E-state index contributed by atoms with van der Waals surface area (Å²) in [6.45, 7) is 11.0. The number of carbonyl (C=O) groups is 6. The third-order valence-corrected chi connectivity index (χ3v) is 26.4. The lowest BCUT2D eigenvalue weighted by molar-refractivity contribution is -0.297. The number of phosphoric acid groups is 2. The highest BCUT2D eigenvalue weighted by Crippen LogP contribution is 2.44. The first-order valence-corrected chi connectivity index (χ1v) is 55.8. The second-order valence-electron chi connectivity index (χ2n) is 37.6. The van der Waals surface area contributed by atoms with E-state index in [4.69, 9.17) is 42.2 Å². The quantitative estimate of drug-likeness (QED) is 0.0117. The molecule has 2 aliphatic heterocycles. The molecule has 14 atom stereocenters. The number of rotatable bonds is 90. The van der Waals surface area contributed by atoms with Gasteiger partial charge in [-0.1, -0.05) is 414 Å². The summed E-state index contributed by atoms with van der Waals surface area (Å²) in [6, 6.07) is -3.86. The highest BCUT2D eigenvalue weighted by Gasteiger charge is 2.55. The molecule has 0 saturated carbocycles. The van der Waals surface area contributed by atoms with Crippen molar-refractivity contribution in [2.24, 2.45) is 0 Å². The second kappa shape index (κ2) is 80.8. The molecule has 29 heteroatoms. The van der Waals surface area contributed by atoms with Gasteiger partial charge in [0.05, 0.1) is 51.1 Å². The molecule has 2 saturated heterocycles. The first-order chi connectivity index (χ1) is 62.3. The molecule has 27 nitrogen and oxygen atoms in total. The minimum absolute atomic E-state index is 0.0836. The van der Waals surface area contributed by atoms with Crippen molar-refractivity contribution < 1.29 is 120 Å². The molecule has 2 amide bonds. The van der Waals surface area contributed by atoms with E-state index in [-0.39, 0.29) is 38.5 Å². The van der Waals surface area contributed by atoms with E-state index >= 15 is 0 Å². The van der Waals surface area contributed by atoms with Crippen LogP contribution in [0.15, 0.2) is 0 Å². The van der Waals surface area contributed by atoms with Gasteiger partial charge in [0.1, 0.15) is 48.7 Å². The second-order valence-corrected chi connectivity index (χ2v) is 40.0. The van der Waals surface area contributed by atoms with Gasteiger partial charge in [-0.15, -0.1) is 0 Å². The molecule has 0 spiro atoms. The molecule has 0 aromatic rings. The van der Waals surface area contributed by atoms with E-state index in [2.05, 4.69) is 52.2 Å². The van der Waals surface area contributed by atoms with Crippen LogP contribution in [0.25, 0.3) is 0 Å². The fraction of sp³-hybridized carbons (Fsp3) is 0.940. The Balaban J connectivity index is 2.75. The molecule has 0 bridgehead atoms. The van der Waals surface area contributed by atoms with Crippen LogP contribution >= 0.6 is 15.6 Å². The number of amides is 2. The smallest absolute Gasteiger partial charge is 0.462 e. The molecule has 0 aliphatic carbocycles. The monoisotopic (exact) mass is 1880 g/mol. The summed E-state index contributed by atoms with van der Waals surface area (Å²) >= 11 is 0. The third kappa shape index (κ3) is 66.8. The zero-order valence-corrected chi connectivity index (χ0v) is 83.6. The summed E-state index contributed by atoms with van der Waals surface area (Å²) in [4.78, 5) is 129. The molecule has 0 aromatic carbocycles. The van der Waals surface area contributed by atoms with Gasteiger partial charge in [0.25, 0.3) is 0 Å². The number of aliphatic hydroxyl groups excluding tert-OH is 4. The molecule has 2 rings (SSSR count). The molecular weight excluding hydrogens is 1690 g/mol. The number of hydrogen-bond acceptors (Lipinski definition) is 21. The van der Waals surface area contributed by atoms with Crippen molar-refractivity contribution in [2.75, 3.05) is 13.2 Å². The van der Waals surface area contributed by atoms with Crippen LogP contribution in [0.3, 0.4) is 0 Å². The van der Waals surface area contributed by atoms with Crippen LogP contribution in [-0.4, -0.2) is 175 Å². The fourth-order valence-electron chi connectivity index (χ4n) is 17.6. The first-order valence-electron chi connectivity index (χ1n) is 52.7. The molecule has 2 fully saturated rings. The van der Waals surface area contributed by atoms with Crippen LogP contribution in [0.1, 0.15) is 504 Å². The number of ether oxygens (including phenoxy) is 7. The lowest BCUT2D eigenvalue weighted by atomic mass is 9.95. The highest BCUT2D eigenvalue weighted by atomic mass is 31.2. The summed E-state index contributed by atoms with van der Waals surface area (Å²) in [6.07, 6.45) is 42.2. The lowest BCUT2D eigenvalue weighted by Crippen LogP contribution is -2.68. The van der Waals surface area contributed by atoms with Gasteiger partial charge < -0.3 is 83.8 Å². The number of phosphoric ester groups is 2. The summed E-state index contributed by atoms with van der Waals surface area (Å²) in [5.74, 6) is -5.01. The van der Waals surface area contributed by atoms with E-state index in [1.54, 1.807) is 0 Å². The van der Waals surface area contributed by atoms with Gasteiger partial charge >= 0.3 is 39.5 Å². The van der Waals surface area contributed by atoms with Crippen molar-refractivity contribution in [2.45, 2.75) is 590 Å². The number of nitrogens with one attached hydrogen (secondary N) is 2. The van der Waals surface area contributed by atoms with E-state index in [1.807, 2.05) is 0 Å². The molecular formula is C100H190N2O25P2. The molecule has 2 heterocycles. The van der Waals surface area contributed by atoms with Crippen molar-refractivity contribution in [3.8, 4) is 0 Å². The maximum atomic E-state index is 14.9. The predicted molar refractivity (Wildman–Crippen MR) is 508 cm³/mol. The van der Waals surface area contributed by atoms with Gasteiger partial charge in [-0.05, 0) is 51.4 Å². The molecule has 10 N–H and O–H groups in total. The lowest BCUT2D eigenvalue weighted by Gasteiger charge is -2.47. The van der Waals surface area contributed by atoms with Crippen LogP contribution < -0.4 is 10.6 Å². The van der Waals surface area contributed by atoms with Crippen molar-refractivity contribution in [3.05, 3.63) is 0 Å². The predicted octanol–water partition coefficient (Wildman–Crippen LogP) is 22.9. The molecule has 8 unspecified atom stereocenters. The van der Waals surface area contributed by atoms with Gasteiger partial charge in [0.2, 0.25) is 11.8 Å². The Morgan fingerprint density at radius 3 is 0.938 bits per heavy atom. The molecule has 2 aliphatic rings. The van der Waals surface area contributed by atoms with E-state index in [9.17, 15) is 77.9 Å². The Morgan fingerprint density at radius 1 is 0.318 bits per heavy atom. The van der Waals surface area contributed by atoms with Crippen molar-refractivity contribution in [3.63, 3.8) is 0 Å². The number of carbonyl (C=O) groups excluding carboxylic acids is 6. The zero-order chi connectivity index (χ0) is 94.7. The minimum atomic E-state index is -5.71. The average Bonchev–Trinajstić information content (AvgIpc) is 0.770. The van der Waals surface area contributed by atoms with Crippen molar-refractivity contribution in [1.82, 2.24) is 10.6 Å². The van der Waals surface area contributed by atoms with Crippen LogP contribution in [0.2, 0.25) is 0 Å².